The standard InChI is InChI=1S/C15H22N2O2/c1-15(2,10-16)8-14(18)17-9-11-3-4-13-12(7-11)5-6-19-13/h3-4,7H,5-6,8-10,16H2,1-2H3,(H,17,18). The second-order valence-corrected chi connectivity index (χ2v) is 5.86. The fourth-order valence-corrected chi connectivity index (χ4v) is 2.12. The topological polar surface area (TPSA) is 64.4 Å². The molecule has 2 rings (SSSR count). The largest absolute Gasteiger partial charge is 0.493 e. The van der Waals surface area contributed by atoms with Gasteiger partial charge in [-0.3, -0.25) is 4.79 Å². The van der Waals surface area contributed by atoms with E-state index >= 15 is 0 Å². The van der Waals surface area contributed by atoms with Crippen molar-refractivity contribution in [1.82, 2.24) is 5.32 Å². The van der Waals surface area contributed by atoms with Gasteiger partial charge in [-0.25, -0.2) is 0 Å². The molecule has 1 aromatic rings. The zero-order valence-electron chi connectivity index (χ0n) is 11.7. The van der Waals surface area contributed by atoms with Gasteiger partial charge in [0.2, 0.25) is 5.91 Å². The number of benzene rings is 1. The molecule has 0 unspecified atom stereocenters. The molecule has 1 aromatic carbocycles. The first-order valence-electron chi connectivity index (χ1n) is 6.71. The zero-order chi connectivity index (χ0) is 13.9. The van der Waals surface area contributed by atoms with E-state index in [4.69, 9.17) is 10.5 Å². The van der Waals surface area contributed by atoms with Crippen molar-refractivity contribution in [3.05, 3.63) is 29.3 Å². The minimum absolute atomic E-state index is 0.0483. The molecule has 0 atom stereocenters. The highest BCUT2D eigenvalue weighted by Gasteiger charge is 2.20. The number of ether oxygens (including phenoxy) is 1. The van der Waals surface area contributed by atoms with Gasteiger partial charge in [-0.15, -0.1) is 0 Å². The first kappa shape index (κ1) is 13.9. The Hall–Kier alpha value is -1.55. The zero-order valence-corrected chi connectivity index (χ0v) is 11.7. The molecule has 0 aliphatic carbocycles. The van der Waals surface area contributed by atoms with Crippen molar-refractivity contribution in [1.29, 1.82) is 0 Å². The Balaban J connectivity index is 1.87. The van der Waals surface area contributed by atoms with E-state index in [0.717, 1.165) is 24.3 Å². The molecule has 1 amide bonds. The molecule has 4 heteroatoms. The second kappa shape index (κ2) is 5.61. The minimum atomic E-state index is -0.143. The summed E-state index contributed by atoms with van der Waals surface area (Å²) >= 11 is 0. The molecular formula is C15H22N2O2. The lowest BCUT2D eigenvalue weighted by Crippen LogP contribution is -2.32. The average Bonchev–Trinajstić information content (AvgIpc) is 2.83. The molecular weight excluding hydrogens is 240 g/mol. The van der Waals surface area contributed by atoms with Crippen LogP contribution in [0.3, 0.4) is 0 Å². The van der Waals surface area contributed by atoms with Crippen LogP contribution in [0.4, 0.5) is 0 Å². The maximum Gasteiger partial charge on any atom is 0.220 e. The minimum Gasteiger partial charge on any atom is -0.493 e. The van der Waals surface area contributed by atoms with Gasteiger partial charge in [-0.05, 0) is 29.2 Å². The number of rotatable bonds is 5. The first-order valence-corrected chi connectivity index (χ1v) is 6.71. The Bertz CT molecular complexity index is 469. The number of hydrogen-bond donors (Lipinski definition) is 2. The number of hydrogen-bond acceptors (Lipinski definition) is 3. The highest BCUT2D eigenvalue weighted by atomic mass is 16.5. The van der Waals surface area contributed by atoms with Crippen LogP contribution in [0.25, 0.3) is 0 Å². The van der Waals surface area contributed by atoms with Crippen molar-refractivity contribution < 1.29 is 9.53 Å². The lowest BCUT2D eigenvalue weighted by molar-refractivity contribution is -0.123. The van der Waals surface area contributed by atoms with Crippen molar-refractivity contribution in [3.63, 3.8) is 0 Å². The van der Waals surface area contributed by atoms with Gasteiger partial charge in [-0.1, -0.05) is 26.0 Å². The molecule has 0 bridgehead atoms. The summed E-state index contributed by atoms with van der Waals surface area (Å²) < 4.78 is 5.46. The summed E-state index contributed by atoms with van der Waals surface area (Å²) in [4.78, 5) is 11.8. The molecule has 104 valence electrons. The van der Waals surface area contributed by atoms with Gasteiger partial charge in [0.05, 0.1) is 6.61 Å². The molecule has 0 saturated heterocycles. The molecule has 0 saturated carbocycles. The van der Waals surface area contributed by atoms with Crippen LogP contribution >= 0.6 is 0 Å². The Morgan fingerprint density at radius 1 is 1.47 bits per heavy atom. The van der Waals surface area contributed by atoms with Crippen LogP contribution in [0.15, 0.2) is 18.2 Å². The van der Waals surface area contributed by atoms with E-state index in [1.54, 1.807) is 0 Å². The van der Waals surface area contributed by atoms with Gasteiger partial charge >= 0.3 is 0 Å². The van der Waals surface area contributed by atoms with E-state index < -0.39 is 0 Å². The van der Waals surface area contributed by atoms with Gasteiger partial charge in [0.25, 0.3) is 0 Å². The molecule has 1 heterocycles. The van der Waals surface area contributed by atoms with Crippen LogP contribution in [-0.2, 0) is 17.8 Å². The second-order valence-electron chi connectivity index (χ2n) is 5.86. The molecule has 0 fully saturated rings. The Kier molecular flexibility index (Phi) is 4.10. The van der Waals surface area contributed by atoms with E-state index in [1.165, 1.54) is 5.56 Å². The summed E-state index contributed by atoms with van der Waals surface area (Å²) in [6, 6.07) is 6.09. The van der Waals surface area contributed by atoms with E-state index in [-0.39, 0.29) is 11.3 Å². The fraction of sp³-hybridized carbons (Fsp3) is 0.533. The predicted molar refractivity (Wildman–Crippen MR) is 74.9 cm³/mol. The van der Waals surface area contributed by atoms with Crippen molar-refractivity contribution in [2.45, 2.75) is 33.2 Å². The van der Waals surface area contributed by atoms with Crippen molar-refractivity contribution in [3.8, 4) is 5.75 Å². The van der Waals surface area contributed by atoms with Gasteiger partial charge in [0, 0.05) is 19.4 Å². The quantitative estimate of drug-likeness (QED) is 0.847. The average molecular weight is 262 g/mol. The highest BCUT2D eigenvalue weighted by Crippen LogP contribution is 2.25. The smallest absolute Gasteiger partial charge is 0.220 e. The van der Waals surface area contributed by atoms with Crippen molar-refractivity contribution >= 4 is 5.91 Å². The van der Waals surface area contributed by atoms with Gasteiger partial charge < -0.3 is 15.8 Å². The lowest BCUT2D eigenvalue weighted by Gasteiger charge is -2.21. The van der Waals surface area contributed by atoms with Crippen LogP contribution in [0.2, 0.25) is 0 Å². The number of carbonyl (C=O) groups is 1. The third-order valence-electron chi connectivity index (χ3n) is 3.44. The lowest BCUT2D eigenvalue weighted by atomic mass is 9.89. The Morgan fingerprint density at radius 3 is 3.00 bits per heavy atom. The van der Waals surface area contributed by atoms with Gasteiger partial charge in [0.15, 0.2) is 0 Å². The van der Waals surface area contributed by atoms with Crippen molar-refractivity contribution in [2.75, 3.05) is 13.2 Å². The SMILES string of the molecule is CC(C)(CN)CC(=O)NCc1ccc2c(c1)CCO2. The van der Waals surface area contributed by atoms with Crippen LogP contribution in [0.5, 0.6) is 5.75 Å². The summed E-state index contributed by atoms with van der Waals surface area (Å²) in [6.07, 6.45) is 1.41. The van der Waals surface area contributed by atoms with Crippen LogP contribution < -0.4 is 15.8 Å². The molecule has 0 spiro atoms. The van der Waals surface area contributed by atoms with E-state index in [0.29, 0.717) is 19.5 Å². The summed E-state index contributed by atoms with van der Waals surface area (Å²) in [7, 11) is 0. The highest BCUT2D eigenvalue weighted by molar-refractivity contribution is 5.76. The fourth-order valence-electron chi connectivity index (χ4n) is 2.12. The van der Waals surface area contributed by atoms with Gasteiger partial charge in [0.1, 0.15) is 5.75 Å². The number of nitrogens with one attached hydrogen (secondary N) is 1. The summed E-state index contributed by atoms with van der Waals surface area (Å²) in [5.41, 5.74) is 7.83. The summed E-state index contributed by atoms with van der Waals surface area (Å²) in [5, 5.41) is 2.95. The molecule has 4 nitrogen and oxygen atoms in total. The number of nitrogens with two attached hydrogens (primary N) is 1. The van der Waals surface area contributed by atoms with E-state index in [2.05, 4.69) is 11.4 Å². The molecule has 0 aromatic heterocycles. The van der Waals surface area contributed by atoms with Crippen molar-refractivity contribution in [2.24, 2.45) is 11.1 Å². The third-order valence-corrected chi connectivity index (χ3v) is 3.44. The van der Waals surface area contributed by atoms with Crippen LogP contribution in [0, 0.1) is 5.41 Å². The first-order chi connectivity index (χ1) is 9.00. The molecule has 1 aliphatic heterocycles. The van der Waals surface area contributed by atoms with Crippen LogP contribution in [0.1, 0.15) is 31.4 Å². The maximum atomic E-state index is 11.8. The number of carbonyl (C=O) groups excluding carboxylic acids is 1. The summed E-state index contributed by atoms with van der Waals surface area (Å²) in [5.74, 6) is 1.02. The number of amides is 1. The molecule has 1 aliphatic rings. The van der Waals surface area contributed by atoms with E-state index in [9.17, 15) is 4.79 Å². The molecule has 19 heavy (non-hydrogen) atoms. The van der Waals surface area contributed by atoms with Gasteiger partial charge in [-0.2, -0.15) is 0 Å². The normalized spacial score (nSPS) is 13.8. The molecule has 3 N–H and O–H groups in total. The number of fused-ring (bicyclic) bond motifs is 1. The monoisotopic (exact) mass is 262 g/mol. The molecule has 0 radical (unpaired) electrons. The third kappa shape index (κ3) is 3.70. The Labute approximate surface area is 114 Å². The Morgan fingerprint density at radius 2 is 2.26 bits per heavy atom. The maximum absolute atomic E-state index is 11.8. The summed E-state index contributed by atoms with van der Waals surface area (Å²) in [6.45, 7) is 5.83. The van der Waals surface area contributed by atoms with E-state index in [1.807, 2.05) is 26.0 Å². The van der Waals surface area contributed by atoms with Crippen LogP contribution in [-0.4, -0.2) is 19.1 Å². The predicted octanol–water partition coefficient (Wildman–Crippen LogP) is 1.61.